The zero-order chi connectivity index (χ0) is 16.9. The third-order valence-corrected chi connectivity index (χ3v) is 5.11. The highest BCUT2D eigenvalue weighted by molar-refractivity contribution is 5.16. The van der Waals surface area contributed by atoms with Gasteiger partial charge in [0.2, 0.25) is 0 Å². The van der Waals surface area contributed by atoms with E-state index < -0.39 is 0 Å². The van der Waals surface area contributed by atoms with Crippen molar-refractivity contribution in [2.24, 2.45) is 7.05 Å². The van der Waals surface area contributed by atoms with Crippen LogP contribution in [0.25, 0.3) is 0 Å². The number of aromatic nitrogens is 2. The number of hydrogen-bond acceptors (Lipinski definition) is 4. The van der Waals surface area contributed by atoms with E-state index in [0.29, 0.717) is 6.04 Å². The molecule has 1 aliphatic heterocycles. The highest BCUT2D eigenvalue weighted by atomic mass is 16.3. The summed E-state index contributed by atoms with van der Waals surface area (Å²) in [4.78, 5) is 5.00. The molecule has 1 atom stereocenters. The van der Waals surface area contributed by atoms with E-state index in [0.717, 1.165) is 39.1 Å². The fraction of sp³-hybridized carbons (Fsp3) is 0.526. The topological polar surface area (TPSA) is 44.5 Å². The molecule has 0 amide bonds. The molecule has 1 saturated heterocycles. The molecule has 5 heteroatoms. The van der Waals surface area contributed by atoms with Crippen LogP contribution in [0, 0.1) is 6.92 Å². The molecule has 24 heavy (non-hydrogen) atoms. The van der Waals surface area contributed by atoms with Crippen LogP contribution >= 0.6 is 0 Å². The predicted octanol–water partition coefficient (Wildman–Crippen LogP) is 1.80. The van der Waals surface area contributed by atoms with Crippen LogP contribution in [0.1, 0.15) is 23.2 Å². The van der Waals surface area contributed by atoms with E-state index in [-0.39, 0.29) is 6.61 Å². The smallest absolute Gasteiger partial charge is 0.0537 e. The van der Waals surface area contributed by atoms with Crippen LogP contribution in [0.3, 0.4) is 0 Å². The van der Waals surface area contributed by atoms with Gasteiger partial charge in [-0.25, -0.2) is 0 Å². The number of benzene rings is 1. The zero-order valence-electron chi connectivity index (χ0n) is 14.7. The lowest BCUT2D eigenvalue weighted by atomic mass is 10.1. The Balaban J connectivity index is 1.63. The Labute approximate surface area is 144 Å². The van der Waals surface area contributed by atoms with Gasteiger partial charge in [-0.3, -0.25) is 14.5 Å². The van der Waals surface area contributed by atoms with Gasteiger partial charge in [-0.05, 0) is 18.9 Å². The quantitative estimate of drug-likeness (QED) is 0.878. The number of nitrogens with zero attached hydrogens (tertiary/aromatic N) is 4. The van der Waals surface area contributed by atoms with Gasteiger partial charge in [0.15, 0.2) is 0 Å². The lowest BCUT2D eigenvalue weighted by molar-refractivity contribution is 0.0499. The summed E-state index contributed by atoms with van der Waals surface area (Å²) in [6, 6.07) is 11.0. The van der Waals surface area contributed by atoms with Crippen molar-refractivity contribution in [2.45, 2.75) is 32.5 Å². The number of aliphatic hydroxyl groups is 1. The minimum Gasteiger partial charge on any atom is -0.396 e. The molecule has 2 heterocycles. The Kier molecular flexibility index (Phi) is 5.66. The van der Waals surface area contributed by atoms with Crippen molar-refractivity contribution >= 4 is 0 Å². The Morgan fingerprint density at radius 1 is 1.17 bits per heavy atom. The van der Waals surface area contributed by atoms with Crippen LogP contribution in [0.4, 0.5) is 0 Å². The Morgan fingerprint density at radius 2 is 1.96 bits per heavy atom. The molecule has 1 aromatic heterocycles. The van der Waals surface area contributed by atoms with Gasteiger partial charge < -0.3 is 5.11 Å². The summed E-state index contributed by atoms with van der Waals surface area (Å²) in [6.07, 6.45) is 2.81. The fourth-order valence-electron chi connectivity index (χ4n) is 3.49. The van der Waals surface area contributed by atoms with Crippen molar-refractivity contribution in [1.82, 2.24) is 19.6 Å². The van der Waals surface area contributed by atoms with Crippen LogP contribution in [-0.2, 0) is 20.1 Å². The second kappa shape index (κ2) is 7.92. The van der Waals surface area contributed by atoms with E-state index in [1.165, 1.54) is 16.8 Å². The van der Waals surface area contributed by atoms with Crippen LogP contribution in [0.2, 0.25) is 0 Å². The number of hydrogen-bond donors (Lipinski definition) is 1. The average Bonchev–Trinajstić information content (AvgIpc) is 2.90. The molecular formula is C19H28N4O. The molecule has 5 nitrogen and oxygen atoms in total. The molecule has 0 saturated carbocycles. The molecule has 0 spiro atoms. The molecule has 0 bridgehead atoms. The van der Waals surface area contributed by atoms with E-state index in [9.17, 15) is 5.11 Å². The molecule has 1 N–H and O–H groups in total. The van der Waals surface area contributed by atoms with Gasteiger partial charge in [0, 0.05) is 63.7 Å². The largest absolute Gasteiger partial charge is 0.396 e. The van der Waals surface area contributed by atoms with Gasteiger partial charge in [-0.1, -0.05) is 30.3 Å². The summed E-state index contributed by atoms with van der Waals surface area (Å²) >= 11 is 0. The van der Waals surface area contributed by atoms with Gasteiger partial charge in [0.05, 0.1) is 6.20 Å². The van der Waals surface area contributed by atoms with Crippen molar-refractivity contribution in [2.75, 3.05) is 26.2 Å². The maximum atomic E-state index is 9.47. The second-order valence-corrected chi connectivity index (χ2v) is 6.74. The monoisotopic (exact) mass is 328 g/mol. The first-order valence-electron chi connectivity index (χ1n) is 8.76. The number of piperazine rings is 1. The maximum Gasteiger partial charge on any atom is 0.0537 e. The van der Waals surface area contributed by atoms with E-state index in [1.807, 2.05) is 17.9 Å². The number of aliphatic hydroxyl groups excluding tert-OH is 1. The first kappa shape index (κ1) is 17.1. The van der Waals surface area contributed by atoms with Crippen molar-refractivity contribution < 1.29 is 5.11 Å². The Hall–Kier alpha value is -1.69. The summed E-state index contributed by atoms with van der Waals surface area (Å²) < 4.78 is 1.94. The normalized spacial score (nSPS) is 19.7. The molecule has 130 valence electrons. The minimum absolute atomic E-state index is 0.246. The van der Waals surface area contributed by atoms with E-state index in [2.05, 4.69) is 52.2 Å². The van der Waals surface area contributed by atoms with Crippen LogP contribution < -0.4 is 0 Å². The van der Waals surface area contributed by atoms with Gasteiger partial charge in [-0.15, -0.1) is 0 Å². The van der Waals surface area contributed by atoms with Gasteiger partial charge in [-0.2, -0.15) is 5.10 Å². The van der Waals surface area contributed by atoms with Crippen molar-refractivity contribution in [3.05, 3.63) is 53.3 Å². The molecule has 2 aromatic rings. The van der Waals surface area contributed by atoms with E-state index in [4.69, 9.17) is 0 Å². The Morgan fingerprint density at radius 3 is 2.62 bits per heavy atom. The molecule has 0 aliphatic carbocycles. The summed E-state index contributed by atoms with van der Waals surface area (Å²) in [5.41, 5.74) is 3.88. The summed E-state index contributed by atoms with van der Waals surface area (Å²) in [6.45, 7) is 7.38. The maximum absolute atomic E-state index is 9.47. The highest BCUT2D eigenvalue weighted by Gasteiger charge is 2.27. The highest BCUT2D eigenvalue weighted by Crippen LogP contribution is 2.19. The zero-order valence-corrected chi connectivity index (χ0v) is 14.7. The third-order valence-electron chi connectivity index (χ3n) is 5.11. The first-order chi connectivity index (χ1) is 11.7. The SMILES string of the molecule is Cc1c(CN2CCN(Cc3ccccc3)C(CCO)C2)cnn1C. The van der Waals surface area contributed by atoms with Crippen molar-refractivity contribution in [1.29, 1.82) is 0 Å². The summed E-state index contributed by atoms with van der Waals surface area (Å²) in [5.74, 6) is 0. The third kappa shape index (κ3) is 4.04. The lowest BCUT2D eigenvalue weighted by Crippen LogP contribution is -2.52. The number of rotatable bonds is 6. The van der Waals surface area contributed by atoms with Crippen LogP contribution in [0.5, 0.6) is 0 Å². The molecule has 1 aliphatic rings. The molecule has 0 radical (unpaired) electrons. The molecule has 3 rings (SSSR count). The average molecular weight is 328 g/mol. The first-order valence-corrected chi connectivity index (χ1v) is 8.76. The molecule has 1 aromatic carbocycles. The van der Waals surface area contributed by atoms with Crippen molar-refractivity contribution in [3.63, 3.8) is 0 Å². The molecule has 1 unspecified atom stereocenters. The van der Waals surface area contributed by atoms with Gasteiger partial charge in [0.25, 0.3) is 0 Å². The lowest BCUT2D eigenvalue weighted by Gasteiger charge is -2.41. The second-order valence-electron chi connectivity index (χ2n) is 6.74. The van der Waals surface area contributed by atoms with E-state index in [1.54, 1.807) is 0 Å². The minimum atomic E-state index is 0.246. The molecular weight excluding hydrogens is 300 g/mol. The standard InChI is InChI=1S/C19H28N4O/c1-16-18(12-20-21(16)2)14-22-9-10-23(19(15-22)8-11-24)13-17-6-4-3-5-7-17/h3-7,12,19,24H,8-11,13-15H2,1-2H3. The number of aryl methyl sites for hydroxylation is 1. The predicted molar refractivity (Wildman–Crippen MR) is 95.6 cm³/mol. The summed E-state index contributed by atoms with van der Waals surface area (Å²) in [5, 5.41) is 13.8. The van der Waals surface area contributed by atoms with Crippen LogP contribution in [-0.4, -0.2) is 57.0 Å². The van der Waals surface area contributed by atoms with E-state index >= 15 is 0 Å². The van der Waals surface area contributed by atoms with Gasteiger partial charge in [0.1, 0.15) is 0 Å². The van der Waals surface area contributed by atoms with Gasteiger partial charge >= 0.3 is 0 Å². The fourth-order valence-corrected chi connectivity index (χ4v) is 3.49. The van der Waals surface area contributed by atoms with Crippen molar-refractivity contribution in [3.8, 4) is 0 Å². The molecule has 1 fully saturated rings. The van der Waals surface area contributed by atoms with Crippen LogP contribution in [0.15, 0.2) is 36.5 Å². The summed E-state index contributed by atoms with van der Waals surface area (Å²) in [7, 11) is 1.99. The Bertz CT molecular complexity index is 640.